The van der Waals surface area contributed by atoms with Gasteiger partial charge in [0, 0.05) is 16.8 Å². The number of rotatable bonds is 8. The first kappa shape index (κ1) is 27.6. The number of carbonyl (C=O) groups is 2. The number of hydrogen-bond acceptors (Lipinski definition) is 6. The van der Waals surface area contributed by atoms with Crippen LogP contribution in [0.25, 0.3) is 11.0 Å². The van der Waals surface area contributed by atoms with E-state index in [2.05, 4.69) is 15.6 Å². The van der Waals surface area contributed by atoms with Crippen molar-refractivity contribution in [3.8, 4) is 11.5 Å². The molecule has 0 saturated carbocycles. The molecule has 1 aromatic heterocycles. The Morgan fingerprint density at radius 2 is 1.67 bits per heavy atom. The molecule has 1 heterocycles. The third-order valence-electron chi connectivity index (χ3n) is 6.19. The maximum absolute atomic E-state index is 14.3. The van der Waals surface area contributed by atoms with Crippen molar-refractivity contribution in [1.29, 1.82) is 0 Å². The second-order valence-corrected chi connectivity index (χ2v) is 10.6. The van der Waals surface area contributed by atoms with Crippen LogP contribution in [0, 0.1) is 13.8 Å². The molecular formula is C30H35N5O4. The van der Waals surface area contributed by atoms with E-state index in [4.69, 9.17) is 9.47 Å². The Morgan fingerprint density at radius 1 is 0.974 bits per heavy atom. The number of methoxy groups -OCH3 is 2. The topological polar surface area (TPSA) is 98.6 Å². The predicted octanol–water partition coefficient (Wildman–Crippen LogP) is 4.75. The molecule has 1 N–H and O–H groups in total. The first-order chi connectivity index (χ1) is 18.5. The van der Waals surface area contributed by atoms with Gasteiger partial charge in [0.25, 0.3) is 0 Å². The molecule has 3 aromatic carbocycles. The molecule has 0 aliphatic heterocycles. The van der Waals surface area contributed by atoms with Gasteiger partial charge < -0.3 is 14.8 Å². The standard InChI is InChI=1S/C30H35N5O4/c1-19-14-20(2)16-21(15-19)35(27(36)18-34-25-11-9-8-10-24(25)32-33-34)28(29(37)31-30(3,4)5)23-17-22(38-6)12-13-26(23)39-7/h8-17,28H,18H2,1-7H3,(H,31,37). The van der Waals surface area contributed by atoms with Gasteiger partial charge in [-0.15, -0.1) is 5.10 Å². The minimum atomic E-state index is -1.07. The predicted molar refractivity (Wildman–Crippen MR) is 151 cm³/mol. The lowest BCUT2D eigenvalue weighted by atomic mass is 9.98. The SMILES string of the molecule is COc1ccc(OC)c(C(C(=O)NC(C)(C)C)N(C(=O)Cn2nnc3ccccc32)c2cc(C)cc(C)c2)c1. The normalized spacial score (nSPS) is 12.2. The molecule has 2 amide bonds. The lowest BCUT2D eigenvalue weighted by Gasteiger charge is -2.34. The summed E-state index contributed by atoms with van der Waals surface area (Å²) < 4.78 is 12.7. The molecule has 39 heavy (non-hydrogen) atoms. The van der Waals surface area contributed by atoms with Gasteiger partial charge in [-0.3, -0.25) is 14.5 Å². The van der Waals surface area contributed by atoms with Crippen molar-refractivity contribution in [1.82, 2.24) is 20.3 Å². The number of amides is 2. The van der Waals surface area contributed by atoms with Crippen molar-refractivity contribution in [3.05, 3.63) is 77.4 Å². The minimum absolute atomic E-state index is 0.126. The molecule has 1 unspecified atom stereocenters. The fraction of sp³-hybridized carbons (Fsp3) is 0.333. The van der Waals surface area contributed by atoms with Crippen LogP contribution in [0.4, 0.5) is 5.69 Å². The van der Waals surface area contributed by atoms with Gasteiger partial charge in [0.05, 0.1) is 19.7 Å². The molecule has 4 rings (SSSR count). The maximum atomic E-state index is 14.3. The summed E-state index contributed by atoms with van der Waals surface area (Å²) in [6, 6.07) is 17.4. The fourth-order valence-corrected chi connectivity index (χ4v) is 4.65. The summed E-state index contributed by atoms with van der Waals surface area (Å²) in [5.74, 6) is 0.298. The summed E-state index contributed by atoms with van der Waals surface area (Å²) in [4.78, 5) is 29.9. The highest BCUT2D eigenvalue weighted by Gasteiger charge is 2.37. The summed E-state index contributed by atoms with van der Waals surface area (Å²) in [5, 5.41) is 11.5. The number of anilines is 1. The van der Waals surface area contributed by atoms with E-state index in [1.165, 1.54) is 12.0 Å². The molecule has 4 aromatic rings. The second kappa shape index (κ2) is 11.1. The van der Waals surface area contributed by atoms with Crippen LogP contribution < -0.4 is 19.7 Å². The number of ether oxygens (including phenoxy) is 2. The number of para-hydroxylation sites is 1. The lowest BCUT2D eigenvalue weighted by molar-refractivity contribution is -0.128. The molecule has 0 fully saturated rings. The van der Waals surface area contributed by atoms with Crippen LogP contribution >= 0.6 is 0 Å². The minimum Gasteiger partial charge on any atom is -0.497 e. The number of aryl methyl sites for hydroxylation is 2. The Labute approximate surface area is 228 Å². The van der Waals surface area contributed by atoms with Crippen molar-refractivity contribution in [2.45, 2.75) is 52.7 Å². The maximum Gasteiger partial charge on any atom is 0.249 e. The molecule has 0 aliphatic carbocycles. The van der Waals surface area contributed by atoms with E-state index in [1.807, 2.05) is 77.1 Å². The number of nitrogens with one attached hydrogen (secondary N) is 1. The molecule has 0 bridgehead atoms. The lowest BCUT2D eigenvalue weighted by Crippen LogP contribution is -2.50. The Bertz CT molecular complexity index is 1480. The average molecular weight is 530 g/mol. The van der Waals surface area contributed by atoms with E-state index in [-0.39, 0.29) is 18.4 Å². The largest absolute Gasteiger partial charge is 0.497 e. The van der Waals surface area contributed by atoms with Crippen molar-refractivity contribution < 1.29 is 19.1 Å². The van der Waals surface area contributed by atoms with Gasteiger partial charge in [0.1, 0.15) is 29.6 Å². The summed E-state index contributed by atoms with van der Waals surface area (Å²) in [6.07, 6.45) is 0. The zero-order valence-electron chi connectivity index (χ0n) is 23.5. The van der Waals surface area contributed by atoms with Crippen molar-refractivity contribution in [3.63, 3.8) is 0 Å². The monoisotopic (exact) mass is 529 g/mol. The van der Waals surface area contributed by atoms with Crippen LogP contribution in [-0.2, 0) is 16.1 Å². The van der Waals surface area contributed by atoms with Crippen LogP contribution in [-0.4, -0.2) is 46.6 Å². The molecule has 0 saturated heterocycles. The zero-order valence-corrected chi connectivity index (χ0v) is 23.5. The van der Waals surface area contributed by atoms with Gasteiger partial charge in [0.15, 0.2) is 0 Å². The first-order valence-electron chi connectivity index (χ1n) is 12.7. The molecule has 1 atom stereocenters. The number of aromatic nitrogens is 3. The molecule has 9 heteroatoms. The van der Waals surface area contributed by atoms with Crippen LogP contribution in [0.1, 0.15) is 43.5 Å². The second-order valence-electron chi connectivity index (χ2n) is 10.6. The summed E-state index contributed by atoms with van der Waals surface area (Å²) >= 11 is 0. The van der Waals surface area contributed by atoms with Gasteiger partial charge >= 0.3 is 0 Å². The number of nitrogens with zero attached hydrogens (tertiary/aromatic N) is 4. The fourth-order valence-electron chi connectivity index (χ4n) is 4.65. The average Bonchev–Trinajstić information content (AvgIpc) is 3.27. The van der Waals surface area contributed by atoms with E-state index in [0.29, 0.717) is 28.3 Å². The van der Waals surface area contributed by atoms with E-state index >= 15 is 0 Å². The van der Waals surface area contributed by atoms with Crippen molar-refractivity contribution in [2.24, 2.45) is 0 Å². The van der Waals surface area contributed by atoms with E-state index in [9.17, 15) is 9.59 Å². The highest BCUT2D eigenvalue weighted by atomic mass is 16.5. The summed E-state index contributed by atoms with van der Waals surface area (Å²) in [5.41, 5.74) is 3.85. The quantitative estimate of drug-likeness (QED) is 0.354. The zero-order chi connectivity index (χ0) is 28.3. The van der Waals surface area contributed by atoms with Gasteiger partial charge in [0.2, 0.25) is 11.8 Å². The highest BCUT2D eigenvalue weighted by Crippen LogP contribution is 2.37. The van der Waals surface area contributed by atoms with Gasteiger partial charge in [-0.05, 0) is 88.2 Å². The Balaban J connectivity index is 1.93. The highest BCUT2D eigenvalue weighted by molar-refractivity contribution is 6.02. The third-order valence-corrected chi connectivity index (χ3v) is 6.19. The summed E-state index contributed by atoms with van der Waals surface area (Å²) in [6.45, 7) is 9.49. The van der Waals surface area contributed by atoms with Gasteiger partial charge in [-0.2, -0.15) is 0 Å². The third kappa shape index (κ3) is 6.19. The van der Waals surface area contributed by atoms with Gasteiger partial charge in [-0.25, -0.2) is 4.68 Å². The summed E-state index contributed by atoms with van der Waals surface area (Å²) in [7, 11) is 3.09. The van der Waals surface area contributed by atoms with E-state index in [1.54, 1.807) is 30.0 Å². The Morgan fingerprint density at radius 3 is 2.31 bits per heavy atom. The van der Waals surface area contributed by atoms with Crippen LogP contribution in [0.3, 0.4) is 0 Å². The molecule has 204 valence electrons. The molecule has 9 nitrogen and oxygen atoms in total. The van der Waals surface area contributed by atoms with Crippen LogP contribution in [0.2, 0.25) is 0 Å². The van der Waals surface area contributed by atoms with Crippen molar-refractivity contribution >= 4 is 28.5 Å². The van der Waals surface area contributed by atoms with E-state index in [0.717, 1.165) is 16.6 Å². The molecule has 0 radical (unpaired) electrons. The molecular weight excluding hydrogens is 494 g/mol. The van der Waals surface area contributed by atoms with Crippen LogP contribution in [0.15, 0.2) is 60.7 Å². The number of hydrogen-bond donors (Lipinski definition) is 1. The smallest absolute Gasteiger partial charge is 0.249 e. The Kier molecular flexibility index (Phi) is 7.90. The van der Waals surface area contributed by atoms with E-state index < -0.39 is 11.6 Å². The number of benzene rings is 3. The molecule has 0 spiro atoms. The Hall–Kier alpha value is -4.40. The molecule has 0 aliphatic rings. The van der Waals surface area contributed by atoms with Gasteiger partial charge in [-0.1, -0.05) is 23.4 Å². The number of carbonyl (C=O) groups excluding carboxylic acids is 2. The van der Waals surface area contributed by atoms with Crippen molar-refractivity contribution in [2.75, 3.05) is 19.1 Å². The first-order valence-corrected chi connectivity index (χ1v) is 12.7. The number of fused-ring (bicyclic) bond motifs is 1. The van der Waals surface area contributed by atoms with Crippen LogP contribution in [0.5, 0.6) is 11.5 Å².